The van der Waals surface area contributed by atoms with Crippen LogP contribution in [0.3, 0.4) is 0 Å². The fourth-order valence-electron chi connectivity index (χ4n) is 14.4. The summed E-state index contributed by atoms with van der Waals surface area (Å²) in [5, 5.41) is 20.3. The van der Waals surface area contributed by atoms with Gasteiger partial charge in [-0.15, -0.1) is 0 Å². The number of benzene rings is 2. The maximum Gasteiger partial charge on any atom is 0.394 e. The summed E-state index contributed by atoms with van der Waals surface area (Å²) in [5.74, 6) is -3.33. The third kappa shape index (κ3) is 4.53. The average molecular weight is 783 g/mol. The van der Waals surface area contributed by atoms with Crippen molar-refractivity contribution < 1.29 is 72.5 Å². The average Bonchev–Trinajstić information content (AvgIpc) is 3.01. The van der Waals surface area contributed by atoms with E-state index in [0.29, 0.717) is 0 Å². The Bertz CT molecular complexity index is 1760. The van der Waals surface area contributed by atoms with Crippen LogP contribution in [0.1, 0.15) is 109 Å². The molecule has 4 atom stereocenters. The van der Waals surface area contributed by atoms with E-state index in [1.807, 2.05) is 0 Å². The lowest BCUT2D eigenvalue weighted by Gasteiger charge is -2.80. The lowest BCUT2D eigenvalue weighted by atomic mass is 9.23. The monoisotopic (exact) mass is 782 g/mol. The van der Waals surface area contributed by atoms with Crippen molar-refractivity contribution >= 4 is 11.9 Å². The van der Waals surface area contributed by atoms with Crippen molar-refractivity contribution in [2.75, 3.05) is 0 Å². The summed E-state index contributed by atoms with van der Waals surface area (Å²) >= 11 is 0. The van der Waals surface area contributed by atoms with Crippen molar-refractivity contribution in [1.29, 1.82) is 0 Å². The van der Waals surface area contributed by atoms with E-state index in [0.717, 1.165) is 24.3 Å². The summed E-state index contributed by atoms with van der Waals surface area (Å²) in [6, 6.07) is 9.19. The van der Waals surface area contributed by atoms with Gasteiger partial charge in [0.05, 0.1) is 32.8 Å². The molecule has 2 aromatic carbocycles. The SMILES string of the molecule is O=C(O)c1ccccc1C12CC3(C(F)(F)F)CC(C(F)(F)F)(C1)CC(C14CC5(c6ccccc6C(=O)O)CC(C(F)(F)F)(CC(C(F)(F)F)(C5)C1)C4)(C2)C3. The zero-order valence-corrected chi connectivity index (χ0v) is 28.4. The van der Waals surface area contributed by atoms with E-state index in [-0.39, 0.29) is 11.1 Å². The van der Waals surface area contributed by atoms with Crippen LogP contribution in [0.2, 0.25) is 0 Å². The summed E-state index contributed by atoms with van der Waals surface area (Å²) < 4.78 is 189. The molecule has 294 valence electrons. The Balaban J connectivity index is 1.48. The zero-order valence-electron chi connectivity index (χ0n) is 28.4. The molecule has 0 spiro atoms. The minimum atomic E-state index is -5.42. The van der Waals surface area contributed by atoms with E-state index < -0.39 is 168 Å². The van der Waals surface area contributed by atoms with Gasteiger partial charge in [0.15, 0.2) is 0 Å². The van der Waals surface area contributed by atoms with Gasteiger partial charge in [0.1, 0.15) is 0 Å². The van der Waals surface area contributed by atoms with Gasteiger partial charge in [0.2, 0.25) is 0 Å². The smallest absolute Gasteiger partial charge is 0.394 e. The molecular formula is C38H34F12O4. The maximum atomic E-state index is 15.7. The molecule has 54 heavy (non-hydrogen) atoms. The van der Waals surface area contributed by atoms with Crippen molar-refractivity contribution in [2.24, 2.45) is 32.5 Å². The van der Waals surface area contributed by atoms with Gasteiger partial charge in [-0.3, -0.25) is 0 Å². The van der Waals surface area contributed by atoms with Crippen molar-refractivity contribution in [3.63, 3.8) is 0 Å². The highest BCUT2D eigenvalue weighted by Gasteiger charge is 2.87. The fraction of sp³-hybridized carbons (Fsp3) is 0.632. The highest BCUT2D eigenvalue weighted by molar-refractivity contribution is 5.90. The molecular weight excluding hydrogens is 748 g/mol. The molecule has 0 aromatic heterocycles. The largest absolute Gasteiger partial charge is 0.478 e. The third-order valence-corrected chi connectivity index (χ3v) is 15.1. The molecule has 4 unspecified atom stereocenters. The van der Waals surface area contributed by atoms with Crippen LogP contribution in [0.4, 0.5) is 52.7 Å². The number of alkyl halides is 12. The highest BCUT2D eigenvalue weighted by Crippen LogP contribution is 2.89. The van der Waals surface area contributed by atoms with E-state index in [4.69, 9.17) is 0 Å². The van der Waals surface area contributed by atoms with Crippen molar-refractivity contribution in [3.05, 3.63) is 70.8 Å². The number of rotatable bonds is 5. The number of carboxylic acids is 2. The van der Waals surface area contributed by atoms with Gasteiger partial charge in [-0.25, -0.2) is 9.59 Å². The summed E-state index contributed by atoms with van der Waals surface area (Å²) in [6.07, 6.45) is -34.8. The second-order valence-corrected chi connectivity index (χ2v) is 18.1. The van der Waals surface area contributed by atoms with Gasteiger partial charge < -0.3 is 10.2 Å². The zero-order chi connectivity index (χ0) is 39.6. The van der Waals surface area contributed by atoms with Crippen LogP contribution in [0.15, 0.2) is 48.5 Å². The van der Waals surface area contributed by atoms with E-state index in [1.165, 1.54) is 24.3 Å². The van der Waals surface area contributed by atoms with Crippen LogP contribution in [0.25, 0.3) is 0 Å². The number of hydrogen-bond donors (Lipinski definition) is 2. The summed E-state index contributed by atoms with van der Waals surface area (Å²) in [6.45, 7) is 0. The van der Waals surface area contributed by atoms with Crippen LogP contribution < -0.4 is 0 Å². The molecule has 0 heterocycles. The third-order valence-electron chi connectivity index (χ3n) is 15.1. The normalized spacial score (nSPS) is 41.3. The Labute approximate surface area is 300 Å². The minimum absolute atomic E-state index is 0.366. The quantitative estimate of drug-likeness (QED) is 0.296. The fourth-order valence-corrected chi connectivity index (χ4v) is 14.4. The van der Waals surface area contributed by atoms with Crippen LogP contribution >= 0.6 is 0 Å². The molecule has 2 N–H and O–H groups in total. The Kier molecular flexibility index (Phi) is 7.13. The van der Waals surface area contributed by atoms with Gasteiger partial charge >= 0.3 is 36.6 Å². The van der Waals surface area contributed by atoms with E-state index in [9.17, 15) is 19.8 Å². The molecule has 16 heteroatoms. The molecule has 2 aromatic rings. The predicted molar refractivity (Wildman–Crippen MR) is 164 cm³/mol. The van der Waals surface area contributed by atoms with Crippen molar-refractivity contribution in [2.45, 2.75) is 113 Å². The van der Waals surface area contributed by atoms with Crippen LogP contribution in [0.5, 0.6) is 0 Å². The molecule has 8 aliphatic carbocycles. The second-order valence-electron chi connectivity index (χ2n) is 18.1. The van der Waals surface area contributed by atoms with E-state index >= 15 is 52.7 Å². The van der Waals surface area contributed by atoms with Gasteiger partial charge in [-0.2, -0.15) is 52.7 Å². The minimum Gasteiger partial charge on any atom is -0.478 e. The molecule has 0 saturated heterocycles. The van der Waals surface area contributed by atoms with Gasteiger partial charge in [-0.05, 0) is 122 Å². The first kappa shape index (κ1) is 37.5. The molecule has 0 aliphatic heterocycles. The summed E-state index contributed by atoms with van der Waals surface area (Å²) in [5.41, 5.74) is -24.3. The van der Waals surface area contributed by atoms with E-state index in [2.05, 4.69) is 0 Å². The van der Waals surface area contributed by atoms with Crippen LogP contribution in [-0.2, 0) is 10.8 Å². The Morgan fingerprint density at radius 2 is 0.667 bits per heavy atom. The summed E-state index contributed by atoms with van der Waals surface area (Å²) in [4.78, 5) is 25.0. The first-order chi connectivity index (χ1) is 24.6. The number of carboxylic acid groups (broad SMARTS) is 2. The number of carbonyl (C=O) groups is 2. The highest BCUT2D eigenvalue weighted by atomic mass is 19.4. The van der Waals surface area contributed by atoms with E-state index in [1.54, 1.807) is 0 Å². The first-order valence-corrected chi connectivity index (χ1v) is 17.5. The number of hydrogen-bond acceptors (Lipinski definition) is 2. The number of halogens is 12. The molecule has 8 aliphatic rings. The molecule has 10 rings (SSSR count). The first-order valence-electron chi connectivity index (χ1n) is 17.5. The predicted octanol–water partition coefficient (Wildman–Crippen LogP) is 11.2. The maximum absolute atomic E-state index is 15.7. The van der Waals surface area contributed by atoms with Crippen LogP contribution in [-0.4, -0.2) is 46.9 Å². The van der Waals surface area contributed by atoms with Gasteiger partial charge in [-0.1, -0.05) is 36.4 Å². The Hall–Kier alpha value is -3.46. The molecule has 0 radical (unpaired) electrons. The Morgan fingerprint density at radius 1 is 0.407 bits per heavy atom. The lowest BCUT2D eigenvalue weighted by Crippen LogP contribution is -2.77. The van der Waals surface area contributed by atoms with Gasteiger partial charge in [0.25, 0.3) is 0 Å². The molecule has 8 bridgehead atoms. The summed E-state index contributed by atoms with van der Waals surface area (Å²) in [7, 11) is 0. The molecule has 0 amide bonds. The Morgan fingerprint density at radius 3 is 0.907 bits per heavy atom. The van der Waals surface area contributed by atoms with Gasteiger partial charge in [0, 0.05) is 0 Å². The van der Waals surface area contributed by atoms with Crippen molar-refractivity contribution in [3.8, 4) is 0 Å². The molecule has 8 saturated carbocycles. The second kappa shape index (κ2) is 10.3. The standard InChI is InChI=1S/C38H34F12O4/c39-35(40,41)31-11-27(23-7-3-1-5-21(23)25(51)52)9-29(15-31,16-32(12-27,19-31)36(42,43)44)30-10-28(24-8-4-2-6-22(24)26(53)54)13-33(17-30,37(45,46)47)20-34(14-28,18-30)38(48,49)50/h1-8H,9-20H2,(H,51,52)(H,53,54). The number of aromatic carboxylic acids is 2. The topological polar surface area (TPSA) is 74.6 Å². The lowest BCUT2D eigenvalue weighted by molar-refractivity contribution is -0.406. The van der Waals surface area contributed by atoms with Crippen molar-refractivity contribution in [1.82, 2.24) is 0 Å². The van der Waals surface area contributed by atoms with Crippen LogP contribution in [0, 0.1) is 32.5 Å². The molecule has 4 nitrogen and oxygen atoms in total. The molecule has 8 fully saturated rings.